The fourth-order valence-electron chi connectivity index (χ4n) is 2.62. The summed E-state index contributed by atoms with van der Waals surface area (Å²) in [4.78, 5) is 25.7. The van der Waals surface area contributed by atoms with Gasteiger partial charge in [-0.3, -0.25) is 9.69 Å². The van der Waals surface area contributed by atoms with Crippen LogP contribution < -0.4 is 10.1 Å². The minimum absolute atomic E-state index is 0.00408. The van der Waals surface area contributed by atoms with E-state index < -0.39 is 11.6 Å². The normalized spacial score (nSPS) is 21.1. The van der Waals surface area contributed by atoms with Crippen LogP contribution in [0.4, 0.5) is 4.79 Å². The van der Waals surface area contributed by atoms with Crippen LogP contribution in [-0.4, -0.2) is 41.7 Å². The van der Waals surface area contributed by atoms with Crippen LogP contribution in [0.1, 0.15) is 32.3 Å². The number of carbonyl (C=O) groups is 2. The van der Waals surface area contributed by atoms with Gasteiger partial charge in [-0.05, 0) is 30.5 Å². The summed E-state index contributed by atoms with van der Waals surface area (Å²) < 4.78 is 5.53. The van der Waals surface area contributed by atoms with Crippen LogP contribution in [-0.2, 0) is 10.3 Å². The second-order valence-electron chi connectivity index (χ2n) is 5.24. The van der Waals surface area contributed by atoms with Crippen molar-refractivity contribution in [2.24, 2.45) is 0 Å². The number of aliphatic hydroxyl groups excluding tert-OH is 1. The predicted octanol–water partition coefficient (Wildman–Crippen LogP) is 1.62. The van der Waals surface area contributed by atoms with E-state index in [1.165, 1.54) is 0 Å². The van der Waals surface area contributed by atoms with Gasteiger partial charge in [0.2, 0.25) is 0 Å². The molecule has 22 heavy (non-hydrogen) atoms. The maximum absolute atomic E-state index is 12.6. The molecular formula is C16H22N2O4. The number of amides is 3. The van der Waals surface area contributed by atoms with E-state index in [2.05, 4.69) is 5.32 Å². The van der Waals surface area contributed by atoms with Gasteiger partial charge in [0.1, 0.15) is 11.3 Å². The monoisotopic (exact) mass is 306 g/mol. The molecule has 0 radical (unpaired) electrons. The van der Waals surface area contributed by atoms with Crippen molar-refractivity contribution in [1.82, 2.24) is 10.2 Å². The lowest BCUT2D eigenvalue weighted by atomic mass is 9.87. The summed E-state index contributed by atoms with van der Waals surface area (Å²) >= 11 is 0. The molecule has 0 saturated carbocycles. The number of imide groups is 1. The third-order valence-corrected chi connectivity index (χ3v) is 3.85. The summed E-state index contributed by atoms with van der Waals surface area (Å²) in [6.07, 6.45) is 1.36. The van der Waals surface area contributed by atoms with Crippen molar-refractivity contribution >= 4 is 11.9 Å². The lowest BCUT2D eigenvalue weighted by molar-refractivity contribution is -0.132. The highest BCUT2D eigenvalue weighted by atomic mass is 16.5. The molecule has 1 unspecified atom stereocenters. The van der Waals surface area contributed by atoms with E-state index in [1.807, 2.05) is 13.8 Å². The molecule has 1 atom stereocenters. The lowest BCUT2D eigenvalue weighted by Crippen LogP contribution is -2.43. The van der Waals surface area contributed by atoms with Gasteiger partial charge in [0.15, 0.2) is 0 Å². The van der Waals surface area contributed by atoms with Crippen LogP contribution in [0.15, 0.2) is 24.3 Å². The van der Waals surface area contributed by atoms with Gasteiger partial charge in [0.05, 0.1) is 19.8 Å². The molecule has 1 aliphatic rings. The number of carbonyl (C=O) groups excluding carboxylic acids is 2. The molecule has 1 saturated heterocycles. The van der Waals surface area contributed by atoms with Crippen molar-refractivity contribution in [3.05, 3.63) is 29.8 Å². The van der Waals surface area contributed by atoms with E-state index in [4.69, 9.17) is 9.84 Å². The first kappa shape index (κ1) is 16.3. The van der Waals surface area contributed by atoms with Crippen LogP contribution >= 0.6 is 0 Å². The number of ether oxygens (including phenoxy) is 1. The number of nitrogens with one attached hydrogen (secondary N) is 1. The third-order valence-electron chi connectivity index (χ3n) is 3.85. The molecule has 2 rings (SSSR count). The Balaban J connectivity index is 2.27. The van der Waals surface area contributed by atoms with Gasteiger partial charge in [-0.1, -0.05) is 26.0 Å². The highest BCUT2D eigenvalue weighted by Gasteiger charge is 2.50. The highest BCUT2D eigenvalue weighted by Crippen LogP contribution is 2.33. The molecule has 1 aromatic rings. The van der Waals surface area contributed by atoms with E-state index >= 15 is 0 Å². The van der Waals surface area contributed by atoms with Gasteiger partial charge in [-0.2, -0.15) is 0 Å². The minimum Gasteiger partial charge on any atom is -0.494 e. The third kappa shape index (κ3) is 2.78. The van der Waals surface area contributed by atoms with Crippen LogP contribution in [0.5, 0.6) is 5.75 Å². The number of aliphatic hydroxyl groups is 1. The SMILES string of the molecule is CCCOc1ccc(C2(CC)NC(=O)N(CCO)C2=O)cc1. The molecule has 0 spiro atoms. The van der Waals surface area contributed by atoms with E-state index in [0.29, 0.717) is 13.0 Å². The Kier molecular flexibility index (Phi) is 5.03. The molecule has 1 aromatic carbocycles. The highest BCUT2D eigenvalue weighted by molar-refractivity contribution is 6.07. The predicted molar refractivity (Wildman–Crippen MR) is 81.5 cm³/mol. The van der Waals surface area contributed by atoms with Crippen LogP contribution in [0, 0.1) is 0 Å². The second kappa shape index (κ2) is 6.79. The standard InChI is InChI=1S/C16H22N2O4/c1-3-11-22-13-7-5-12(6-8-13)16(4-2)14(20)18(9-10-19)15(21)17-16/h5-8,19H,3-4,9-11H2,1-2H3,(H,17,21). The Morgan fingerprint density at radius 3 is 2.45 bits per heavy atom. The van der Waals surface area contributed by atoms with E-state index in [1.54, 1.807) is 24.3 Å². The second-order valence-corrected chi connectivity index (χ2v) is 5.24. The molecular weight excluding hydrogens is 284 g/mol. The zero-order valence-electron chi connectivity index (χ0n) is 13.0. The Bertz CT molecular complexity index is 544. The molecule has 6 heteroatoms. The summed E-state index contributed by atoms with van der Waals surface area (Å²) in [5.41, 5.74) is -0.340. The smallest absolute Gasteiger partial charge is 0.325 e. The summed E-state index contributed by atoms with van der Waals surface area (Å²) in [5, 5.41) is 11.8. The topological polar surface area (TPSA) is 78.9 Å². The maximum Gasteiger partial charge on any atom is 0.325 e. The van der Waals surface area contributed by atoms with Crippen molar-refractivity contribution in [2.75, 3.05) is 19.8 Å². The molecule has 2 N–H and O–H groups in total. The van der Waals surface area contributed by atoms with E-state index in [-0.39, 0.29) is 19.1 Å². The van der Waals surface area contributed by atoms with Crippen molar-refractivity contribution in [3.8, 4) is 5.75 Å². The number of hydrogen-bond donors (Lipinski definition) is 2. The molecule has 6 nitrogen and oxygen atoms in total. The Hall–Kier alpha value is -2.08. The first-order valence-electron chi connectivity index (χ1n) is 7.57. The molecule has 3 amide bonds. The Morgan fingerprint density at radius 1 is 1.23 bits per heavy atom. The van der Waals surface area contributed by atoms with E-state index in [0.717, 1.165) is 22.6 Å². The Labute approximate surface area is 130 Å². The van der Waals surface area contributed by atoms with Gasteiger partial charge < -0.3 is 15.2 Å². The van der Waals surface area contributed by atoms with Crippen molar-refractivity contribution < 1.29 is 19.4 Å². The van der Waals surface area contributed by atoms with Gasteiger partial charge in [-0.15, -0.1) is 0 Å². The summed E-state index contributed by atoms with van der Waals surface area (Å²) in [6, 6.07) is 6.74. The van der Waals surface area contributed by atoms with Crippen LogP contribution in [0.2, 0.25) is 0 Å². The largest absolute Gasteiger partial charge is 0.494 e. The average Bonchev–Trinajstić information content (AvgIpc) is 2.79. The lowest BCUT2D eigenvalue weighted by Gasteiger charge is -2.26. The van der Waals surface area contributed by atoms with Gasteiger partial charge in [0.25, 0.3) is 5.91 Å². The van der Waals surface area contributed by atoms with Gasteiger partial charge in [-0.25, -0.2) is 4.79 Å². The van der Waals surface area contributed by atoms with E-state index in [9.17, 15) is 9.59 Å². The number of benzene rings is 1. The molecule has 0 aromatic heterocycles. The molecule has 0 bridgehead atoms. The zero-order valence-corrected chi connectivity index (χ0v) is 13.0. The van der Waals surface area contributed by atoms with Gasteiger partial charge in [0, 0.05) is 0 Å². The molecule has 120 valence electrons. The molecule has 1 aliphatic heterocycles. The molecule has 0 aliphatic carbocycles. The van der Waals surface area contributed by atoms with Crippen molar-refractivity contribution in [3.63, 3.8) is 0 Å². The summed E-state index contributed by atoms with van der Waals surface area (Å²) in [6.45, 7) is 4.27. The fraction of sp³-hybridized carbons (Fsp3) is 0.500. The number of hydrogen-bond acceptors (Lipinski definition) is 4. The van der Waals surface area contributed by atoms with Crippen LogP contribution in [0.3, 0.4) is 0 Å². The summed E-state index contributed by atoms with van der Waals surface area (Å²) in [7, 11) is 0. The number of nitrogens with zero attached hydrogens (tertiary/aromatic N) is 1. The maximum atomic E-state index is 12.6. The van der Waals surface area contributed by atoms with Gasteiger partial charge >= 0.3 is 6.03 Å². The quantitative estimate of drug-likeness (QED) is 0.750. The first-order chi connectivity index (χ1) is 10.6. The number of β-amino-alcohol motifs (C(OH)–C–C–N with tert-alkyl or cyclic N) is 1. The number of rotatable bonds is 7. The first-order valence-corrected chi connectivity index (χ1v) is 7.57. The van der Waals surface area contributed by atoms with Crippen LogP contribution in [0.25, 0.3) is 0 Å². The summed E-state index contributed by atoms with van der Waals surface area (Å²) in [5.74, 6) is 0.414. The molecule has 1 heterocycles. The molecule has 1 fully saturated rings. The zero-order chi connectivity index (χ0) is 16.2. The minimum atomic E-state index is -1.06. The van der Waals surface area contributed by atoms with Crippen molar-refractivity contribution in [1.29, 1.82) is 0 Å². The average molecular weight is 306 g/mol. The Morgan fingerprint density at radius 2 is 1.91 bits per heavy atom. The van der Waals surface area contributed by atoms with Crippen molar-refractivity contribution in [2.45, 2.75) is 32.2 Å². The fourth-order valence-corrected chi connectivity index (χ4v) is 2.62. The number of urea groups is 1.